The second-order valence-corrected chi connectivity index (χ2v) is 7.16. The van der Waals surface area contributed by atoms with E-state index >= 15 is 0 Å². The van der Waals surface area contributed by atoms with E-state index < -0.39 is 17.9 Å². The zero-order valence-corrected chi connectivity index (χ0v) is 16.4. The molecule has 0 aliphatic heterocycles. The largest absolute Gasteiger partial charge is 0.481 e. The fourth-order valence-corrected chi connectivity index (χ4v) is 2.99. The molecule has 7 nitrogen and oxygen atoms in total. The summed E-state index contributed by atoms with van der Waals surface area (Å²) in [6, 6.07) is 6.52. The third-order valence-corrected chi connectivity index (χ3v) is 4.52. The predicted molar refractivity (Wildman–Crippen MR) is 105 cm³/mol. The van der Waals surface area contributed by atoms with Gasteiger partial charge in [0.15, 0.2) is 5.65 Å². The molecule has 8 heteroatoms. The monoisotopic (exact) mass is 401 g/mol. The molecule has 0 aliphatic carbocycles. The smallest absolute Gasteiger partial charge is 0.303 e. The molecule has 0 bridgehead atoms. The van der Waals surface area contributed by atoms with E-state index in [0.717, 1.165) is 5.39 Å². The number of hydrogen-bond acceptors (Lipinski definition) is 5. The van der Waals surface area contributed by atoms with Gasteiger partial charge < -0.3 is 14.9 Å². The van der Waals surface area contributed by atoms with Gasteiger partial charge in [-0.15, -0.1) is 0 Å². The highest BCUT2D eigenvalue weighted by atomic mass is 19.1. The van der Waals surface area contributed by atoms with E-state index in [-0.39, 0.29) is 19.1 Å². The lowest BCUT2D eigenvalue weighted by atomic mass is 10.1. The summed E-state index contributed by atoms with van der Waals surface area (Å²) in [4.78, 5) is 15.0. The van der Waals surface area contributed by atoms with Gasteiger partial charge in [-0.2, -0.15) is 5.10 Å². The van der Waals surface area contributed by atoms with Crippen LogP contribution in [0.25, 0.3) is 16.7 Å². The van der Waals surface area contributed by atoms with E-state index in [9.17, 15) is 14.3 Å². The van der Waals surface area contributed by atoms with Crippen molar-refractivity contribution < 1.29 is 24.1 Å². The first-order chi connectivity index (χ1) is 13.8. The van der Waals surface area contributed by atoms with Crippen LogP contribution in [0.15, 0.2) is 36.7 Å². The van der Waals surface area contributed by atoms with Crippen molar-refractivity contribution in [3.63, 3.8) is 0 Å². The van der Waals surface area contributed by atoms with Crippen molar-refractivity contribution in [3.05, 3.63) is 53.6 Å². The number of carboxylic acids is 1. The molecule has 1 atom stereocenters. The second-order valence-electron chi connectivity index (χ2n) is 7.16. The molecule has 0 saturated carbocycles. The van der Waals surface area contributed by atoms with Crippen LogP contribution in [0.4, 0.5) is 4.39 Å². The van der Waals surface area contributed by atoms with Crippen molar-refractivity contribution in [1.29, 1.82) is 0 Å². The number of aliphatic hydroxyl groups excluding tert-OH is 1. The number of ether oxygens (including phenoxy) is 1. The van der Waals surface area contributed by atoms with E-state index in [1.54, 1.807) is 30.6 Å². The minimum absolute atomic E-state index is 0.00526. The minimum atomic E-state index is -0.892. The molecule has 0 unspecified atom stereocenters. The Kier molecular flexibility index (Phi) is 6.56. The summed E-state index contributed by atoms with van der Waals surface area (Å²) < 4.78 is 21.4. The van der Waals surface area contributed by atoms with Gasteiger partial charge in [0.05, 0.1) is 24.6 Å². The number of hydrogen-bond donors (Lipinski definition) is 2. The SMILES string of the molecule is CC(C)OC[C@H](O)c1cnc2c(cnn2-c2ccc(CCCC(=O)O)c(F)c2)c1. The third-order valence-electron chi connectivity index (χ3n) is 4.52. The average molecular weight is 401 g/mol. The molecule has 0 fully saturated rings. The molecule has 0 radical (unpaired) electrons. The Balaban J connectivity index is 1.79. The average Bonchev–Trinajstić information content (AvgIpc) is 3.10. The van der Waals surface area contributed by atoms with Crippen LogP contribution in [0.1, 0.15) is 43.9 Å². The number of aryl methyl sites for hydroxylation is 1. The van der Waals surface area contributed by atoms with Gasteiger partial charge in [0.25, 0.3) is 0 Å². The molecule has 2 N–H and O–H groups in total. The van der Waals surface area contributed by atoms with Gasteiger partial charge in [-0.1, -0.05) is 6.07 Å². The molecule has 29 heavy (non-hydrogen) atoms. The molecule has 2 heterocycles. The molecular weight excluding hydrogens is 377 g/mol. The third kappa shape index (κ3) is 5.16. The fourth-order valence-electron chi connectivity index (χ4n) is 2.99. The second kappa shape index (κ2) is 9.11. The molecule has 3 aromatic rings. The van der Waals surface area contributed by atoms with E-state index in [0.29, 0.717) is 35.3 Å². The molecule has 0 spiro atoms. The number of nitrogens with zero attached hydrogens (tertiary/aromatic N) is 3. The van der Waals surface area contributed by atoms with Crippen molar-refractivity contribution in [2.24, 2.45) is 0 Å². The van der Waals surface area contributed by atoms with Crippen LogP contribution in [0.2, 0.25) is 0 Å². The number of rotatable bonds is 9. The van der Waals surface area contributed by atoms with Gasteiger partial charge in [0, 0.05) is 23.6 Å². The Morgan fingerprint density at radius 3 is 2.76 bits per heavy atom. The Labute approximate surface area is 167 Å². The van der Waals surface area contributed by atoms with Crippen LogP contribution in [0.3, 0.4) is 0 Å². The minimum Gasteiger partial charge on any atom is -0.481 e. The summed E-state index contributed by atoms with van der Waals surface area (Å²) >= 11 is 0. The summed E-state index contributed by atoms with van der Waals surface area (Å²) in [5, 5.41) is 24.0. The van der Waals surface area contributed by atoms with E-state index in [4.69, 9.17) is 9.84 Å². The maximum atomic E-state index is 14.4. The Morgan fingerprint density at radius 2 is 2.07 bits per heavy atom. The molecule has 1 aromatic carbocycles. The van der Waals surface area contributed by atoms with Crippen molar-refractivity contribution in [3.8, 4) is 5.69 Å². The molecule has 0 saturated heterocycles. The van der Waals surface area contributed by atoms with E-state index in [1.165, 1.54) is 10.7 Å². The number of aliphatic hydroxyl groups is 1. The van der Waals surface area contributed by atoms with Crippen molar-refractivity contribution >= 4 is 17.0 Å². The fraction of sp³-hybridized carbons (Fsp3) is 0.381. The first-order valence-corrected chi connectivity index (χ1v) is 9.49. The number of carboxylic acid groups (broad SMARTS) is 1. The molecule has 3 rings (SSSR count). The van der Waals surface area contributed by atoms with Gasteiger partial charge in [-0.3, -0.25) is 4.79 Å². The number of fused-ring (bicyclic) bond motifs is 1. The standard InChI is InChI=1S/C21H24FN3O4/c1-13(2)29-12-19(26)15-8-16-11-24-25(21(16)23-10-15)17-7-6-14(18(22)9-17)4-3-5-20(27)28/h6-11,13,19,26H,3-5,12H2,1-2H3,(H,27,28)/t19-/m0/s1. The number of aliphatic carboxylic acids is 1. The lowest BCUT2D eigenvalue weighted by Gasteiger charge is -2.13. The van der Waals surface area contributed by atoms with Crippen LogP contribution < -0.4 is 0 Å². The van der Waals surface area contributed by atoms with E-state index in [2.05, 4.69) is 10.1 Å². The predicted octanol–water partition coefficient (Wildman–Crippen LogP) is 3.43. The van der Waals surface area contributed by atoms with Crippen LogP contribution in [0.5, 0.6) is 0 Å². The first kappa shape index (κ1) is 20.9. The summed E-state index contributed by atoms with van der Waals surface area (Å²) in [5.74, 6) is -1.30. The number of benzene rings is 1. The maximum absolute atomic E-state index is 14.4. The van der Waals surface area contributed by atoms with Gasteiger partial charge in [0.2, 0.25) is 0 Å². The van der Waals surface area contributed by atoms with Crippen molar-refractivity contribution in [2.75, 3.05) is 6.61 Å². The molecule has 0 amide bonds. The molecule has 0 aliphatic rings. The zero-order valence-electron chi connectivity index (χ0n) is 16.4. The Hall–Kier alpha value is -2.84. The molecule has 2 aromatic heterocycles. The summed E-state index contributed by atoms with van der Waals surface area (Å²) in [5.41, 5.74) is 2.15. The number of aromatic nitrogens is 3. The van der Waals surface area contributed by atoms with Gasteiger partial charge in [0.1, 0.15) is 11.9 Å². The Morgan fingerprint density at radius 1 is 1.28 bits per heavy atom. The van der Waals surface area contributed by atoms with Crippen LogP contribution in [-0.4, -0.2) is 43.7 Å². The van der Waals surface area contributed by atoms with Gasteiger partial charge in [-0.05, 0) is 50.5 Å². The Bertz CT molecular complexity index is 1000. The summed E-state index contributed by atoms with van der Waals surface area (Å²) in [6.07, 6.45) is 3.14. The quantitative estimate of drug-likeness (QED) is 0.570. The first-order valence-electron chi connectivity index (χ1n) is 9.49. The number of carbonyl (C=O) groups is 1. The highest BCUT2D eigenvalue weighted by Gasteiger charge is 2.14. The van der Waals surface area contributed by atoms with Crippen LogP contribution >= 0.6 is 0 Å². The van der Waals surface area contributed by atoms with Gasteiger partial charge in [-0.25, -0.2) is 14.1 Å². The topological polar surface area (TPSA) is 97.5 Å². The maximum Gasteiger partial charge on any atom is 0.303 e. The van der Waals surface area contributed by atoms with Gasteiger partial charge >= 0.3 is 5.97 Å². The van der Waals surface area contributed by atoms with Crippen LogP contribution in [0, 0.1) is 5.82 Å². The molecule has 154 valence electrons. The number of halogens is 1. The lowest BCUT2D eigenvalue weighted by Crippen LogP contribution is -2.12. The lowest BCUT2D eigenvalue weighted by molar-refractivity contribution is -0.137. The molecular formula is C21H24FN3O4. The highest BCUT2D eigenvalue weighted by molar-refractivity contribution is 5.77. The van der Waals surface area contributed by atoms with E-state index in [1.807, 2.05) is 13.8 Å². The number of pyridine rings is 1. The van der Waals surface area contributed by atoms with Crippen molar-refractivity contribution in [1.82, 2.24) is 14.8 Å². The zero-order chi connectivity index (χ0) is 21.0. The summed E-state index contributed by atoms with van der Waals surface area (Å²) in [7, 11) is 0. The van der Waals surface area contributed by atoms with Crippen LogP contribution in [-0.2, 0) is 16.0 Å². The normalized spacial score (nSPS) is 12.6. The van der Waals surface area contributed by atoms with Crippen molar-refractivity contribution in [2.45, 2.75) is 45.3 Å². The summed E-state index contributed by atoms with van der Waals surface area (Å²) in [6.45, 7) is 3.97. The highest BCUT2D eigenvalue weighted by Crippen LogP contribution is 2.23.